The van der Waals surface area contributed by atoms with Crippen LogP contribution in [0.15, 0.2) is 36.7 Å². The third kappa shape index (κ3) is 7.48. The molecule has 0 aliphatic carbocycles. The first-order valence-corrected chi connectivity index (χ1v) is 20.9. The zero-order chi connectivity index (χ0) is 27.9. The molecule has 0 fully saturated rings. The van der Waals surface area contributed by atoms with E-state index in [-0.39, 0.29) is 11.3 Å². The summed E-state index contributed by atoms with van der Waals surface area (Å²) in [6, 6.07) is 6.86. The predicted octanol–water partition coefficient (Wildman–Crippen LogP) is 8.20. The number of pyridine rings is 1. The summed E-state index contributed by atoms with van der Waals surface area (Å²) < 4.78 is 27.8. The van der Waals surface area contributed by atoms with Gasteiger partial charge in [0.2, 0.25) is 5.52 Å². The van der Waals surface area contributed by atoms with Crippen LogP contribution in [0.5, 0.6) is 5.75 Å². The summed E-state index contributed by atoms with van der Waals surface area (Å²) in [4.78, 5) is 18.6. The van der Waals surface area contributed by atoms with Gasteiger partial charge in [-0.15, -0.1) is 0 Å². The maximum atomic E-state index is 15.0. The Bertz CT molecular complexity index is 1100. The van der Waals surface area contributed by atoms with Gasteiger partial charge in [-0.25, -0.2) is 0 Å². The number of aromatic nitrogens is 1. The molecule has 6 nitrogen and oxygen atoms in total. The van der Waals surface area contributed by atoms with Crippen molar-refractivity contribution in [3.8, 4) is 5.75 Å². The number of hydrogen-bond acceptors (Lipinski definition) is 6. The number of carbonyl (C=O) groups is 1. The first-order valence-electron chi connectivity index (χ1n) is 12.4. The second-order valence-corrected chi connectivity index (χ2v) is 24.9. The van der Waals surface area contributed by atoms with Gasteiger partial charge in [0.25, 0.3) is 7.37 Å². The zero-order valence-corrected chi connectivity index (χ0v) is 26.9. The minimum Gasteiger partial charge on any atom is -0.507 e. The molecule has 0 saturated heterocycles. The highest BCUT2D eigenvalue weighted by Crippen LogP contribution is 2.65. The van der Waals surface area contributed by atoms with E-state index in [1.54, 1.807) is 36.7 Å². The maximum absolute atomic E-state index is 15.0. The van der Waals surface area contributed by atoms with Crippen LogP contribution in [0.4, 0.5) is 0 Å². The van der Waals surface area contributed by atoms with Crippen molar-refractivity contribution in [2.24, 2.45) is 0 Å². The first-order chi connectivity index (χ1) is 16.1. The van der Waals surface area contributed by atoms with Crippen molar-refractivity contribution in [3.05, 3.63) is 58.9 Å². The van der Waals surface area contributed by atoms with Crippen LogP contribution in [-0.2, 0) is 24.0 Å². The lowest BCUT2D eigenvalue weighted by molar-refractivity contribution is 0.104. The van der Waals surface area contributed by atoms with Gasteiger partial charge < -0.3 is 13.7 Å². The van der Waals surface area contributed by atoms with E-state index in [4.69, 9.17) is 8.64 Å². The molecule has 1 aromatic carbocycles. The van der Waals surface area contributed by atoms with Gasteiger partial charge in [-0.1, -0.05) is 47.6 Å². The van der Waals surface area contributed by atoms with Gasteiger partial charge in [-0.05, 0) is 68.3 Å². The van der Waals surface area contributed by atoms with E-state index in [0.717, 1.165) is 0 Å². The molecule has 1 aromatic heterocycles. The highest BCUT2D eigenvalue weighted by atomic mass is 31.2. The second-order valence-electron chi connectivity index (χ2n) is 13.4. The molecule has 2 unspecified atom stereocenters. The van der Waals surface area contributed by atoms with Gasteiger partial charge in [-0.2, -0.15) is 0 Å². The van der Waals surface area contributed by atoms with Crippen LogP contribution in [0.2, 0.25) is 39.3 Å². The maximum Gasteiger partial charge on any atom is 0.293 e. The van der Waals surface area contributed by atoms with Gasteiger partial charge >= 0.3 is 0 Å². The summed E-state index contributed by atoms with van der Waals surface area (Å²) in [5.74, 6) is -0.906. The monoisotopic (exact) mass is 549 g/mol. The summed E-state index contributed by atoms with van der Waals surface area (Å²) in [5, 5.41) is 11.2. The molecule has 2 rings (SSSR count). The lowest BCUT2D eigenvalue weighted by Gasteiger charge is -2.35. The number of aromatic hydroxyl groups is 1. The Morgan fingerprint density at radius 1 is 0.944 bits per heavy atom. The fraction of sp³-hybridized carbons (Fsp3) is 0.556. The molecule has 0 bridgehead atoms. The number of nitrogens with zero attached hydrogens (tertiary/aromatic N) is 1. The molecule has 0 aliphatic rings. The van der Waals surface area contributed by atoms with Crippen molar-refractivity contribution in [2.75, 3.05) is 0 Å². The van der Waals surface area contributed by atoms with Crippen LogP contribution in [0.3, 0.4) is 0 Å². The summed E-state index contributed by atoms with van der Waals surface area (Å²) in [7, 11) is -8.90. The molecular formula is C27H44NO5PSi2. The molecule has 36 heavy (non-hydrogen) atoms. The van der Waals surface area contributed by atoms with E-state index in [9.17, 15) is 14.5 Å². The number of phenolic OH excluding ortho intramolecular Hbond substituents is 1. The zero-order valence-electron chi connectivity index (χ0n) is 24.0. The second kappa shape index (κ2) is 10.3. The molecule has 0 spiro atoms. The fourth-order valence-electron chi connectivity index (χ4n) is 3.87. The predicted molar refractivity (Wildman–Crippen MR) is 153 cm³/mol. The lowest BCUT2D eigenvalue weighted by Crippen LogP contribution is -2.33. The fourth-order valence-corrected chi connectivity index (χ4v) is 11.4. The van der Waals surface area contributed by atoms with E-state index in [1.165, 1.54) is 0 Å². The van der Waals surface area contributed by atoms with Crippen molar-refractivity contribution in [3.63, 3.8) is 0 Å². The molecular weight excluding hydrogens is 505 g/mol. The third-order valence-electron chi connectivity index (χ3n) is 5.41. The molecule has 0 aliphatic heterocycles. The highest BCUT2D eigenvalue weighted by Gasteiger charge is 2.49. The first kappa shape index (κ1) is 30.6. The Labute approximate surface area is 219 Å². The Morgan fingerprint density at radius 2 is 1.44 bits per heavy atom. The van der Waals surface area contributed by atoms with Gasteiger partial charge in [0.1, 0.15) is 5.75 Å². The normalized spacial score (nSPS) is 15.9. The summed E-state index contributed by atoms with van der Waals surface area (Å²) in [6.45, 7) is 23.6. The smallest absolute Gasteiger partial charge is 0.293 e. The van der Waals surface area contributed by atoms with Crippen molar-refractivity contribution < 1.29 is 23.1 Å². The molecule has 0 amide bonds. The minimum absolute atomic E-state index is 0.162. The van der Waals surface area contributed by atoms with Crippen molar-refractivity contribution in [1.82, 2.24) is 4.98 Å². The van der Waals surface area contributed by atoms with Crippen molar-refractivity contribution in [1.29, 1.82) is 0 Å². The van der Waals surface area contributed by atoms with Gasteiger partial charge in [0.15, 0.2) is 22.5 Å². The van der Waals surface area contributed by atoms with E-state index < -0.39 is 46.2 Å². The van der Waals surface area contributed by atoms with Gasteiger partial charge in [0.05, 0.1) is 0 Å². The van der Waals surface area contributed by atoms with Crippen LogP contribution >= 0.6 is 7.37 Å². The van der Waals surface area contributed by atoms with E-state index >= 15 is 0 Å². The van der Waals surface area contributed by atoms with Crippen LogP contribution in [0.1, 0.15) is 74.4 Å². The van der Waals surface area contributed by atoms with Crippen LogP contribution in [0.25, 0.3) is 0 Å². The topological polar surface area (TPSA) is 85.7 Å². The Kier molecular flexibility index (Phi) is 8.76. The number of phenols is 1. The van der Waals surface area contributed by atoms with E-state index in [2.05, 4.69) is 4.98 Å². The summed E-state index contributed by atoms with van der Waals surface area (Å²) in [5.41, 5.74) is 0.596. The van der Waals surface area contributed by atoms with Gasteiger partial charge in [-0.3, -0.25) is 14.3 Å². The SMILES string of the molecule is CC(C)(C)c1cc(C(=O)P(=O)(O[Si](C)(C)C)C(O[Si](C)(C)C)c2cccnc2)cc(C(C)(C)C)c1O. The van der Waals surface area contributed by atoms with Crippen LogP contribution in [0, 0.1) is 0 Å². The number of rotatable bonds is 8. The van der Waals surface area contributed by atoms with Crippen molar-refractivity contribution in [2.45, 2.75) is 97.5 Å². The highest BCUT2D eigenvalue weighted by molar-refractivity contribution is 7.78. The van der Waals surface area contributed by atoms with Crippen LogP contribution in [-0.4, -0.2) is 32.2 Å². The molecule has 200 valence electrons. The molecule has 2 aromatic rings. The number of benzene rings is 1. The largest absolute Gasteiger partial charge is 0.507 e. The lowest BCUT2D eigenvalue weighted by atomic mass is 9.78. The summed E-state index contributed by atoms with van der Waals surface area (Å²) >= 11 is 0. The Hall–Kier alpha value is -1.58. The third-order valence-corrected chi connectivity index (χ3v) is 11.7. The molecule has 0 radical (unpaired) electrons. The van der Waals surface area contributed by atoms with Gasteiger partial charge in [0, 0.05) is 34.6 Å². The van der Waals surface area contributed by atoms with Crippen molar-refractivity contribution >= 4 is 29.5 Å². The molecule has 1 heterocycles. The Balaban J connectivity index is 2.89. The number of hydrogen-bond donors (Lipinski definition) is 1. The van der Waals surface area contributed by atoms with Crippen LogP contribution < -0.4 is 0 Å². The quantitative estimate of drug-likeness (QED) is 0.264. The molecule has 2 atom stereocenters. The Morgan fingerprint density at radius 3 is 1.81 bits per heavy atom. The average Bonchev–Trinajstić information content (AvgIpc) is 2.68. The standard InChI is InChI=1S/C27H44NO5PSi2/c1-26(2,3)21-16-20(17-22(23(21)29)27(4,5)6)24(30)34(31,33-36(10,11)12)25(32-35(7,8)9)19-14-13-15-28-18-19/h13-18,25,29H,1-12H3. The molecule has 9 heteroatoms. The van der Waals surface area contributed by atoms with E-state index in [0.29, 0.717) is 16.7 Å². The molecule has 1 N–H and O–H groups in total. The minimum atomic E-state index is -4.13. The van der Waals surface area contributed by atoms with E-state index in [1.807, 2.05) is 80.8 Å². The molecule has 0 saturated carbocycles. The average molecular weight is 550 g/mol. The number of carbonyl (C=O) groups excluding carboxylic acids is 1. The summed E-state index contributed by atoms with van der Waals surface area (Å²) in [6.07, 6.45) is 3.22.